The van der Waals surface area contributed by atoms with Crippen molar-refractivity contribution >= 4 is 85.6 Å². The van der Waals surface area contributed by atoms with Gasteiger partial charge in [0, 0.05) is 50.8 Å². The molecule has 0 atom stereocenters. The summed E-state index contributed by atoms with van der Waals surface area (Å²) in [6.45, 7) is 2.25. The smallest absolute Gasteiger partial charge is 0.198 e. The Morgan fingerprint density at radius 1 is 0.417 bits per heavy atom. The van der Waals surface area contributed by atoms with Gasteiger partial charge in [-0.05, 0) is 136 Å². The van der Waals surface area contributed by atoms with E-state index >= 15 is 0 Å². The van der Waals surface area contributed by atoms with Crippen LogP contribution in [0.25, 0.3) is 66.4 Å². The molecular formula is C67H48BN3O. The number of hydrogen-bond donors (Lipinski definition) is 1. The van der Waals surface area contributed by atoms with Crippen LogP contribution in [0.1, 0.15) is 5.56 Å². The van der Waals surface area contributed by atoms with Gasteiger partial charge in [-0.1, -0.05) is 187 Å². The Labute approximate surface area is 421 Å². The Balaban J connectivity index is 1.06. The van der Waals surface area contributed by atoms with E-state index in [1.165, 1.54) is 38.7 Å². The van der Waals surface area contributed by atoms with E-state index < -0.39 is 0 Å². The molecule has 1 aliphatic heterocycles. The highest BCUT2D eigenvalue weighted by Gasteiger charge is 2.33. The van der Waals surface area contributed by atoms with Crippen LogP contribution in [0.15, 0.2) is 265 Å². The fourth-order valence-corrected chi connectivity index (χ4v) is 10.7. The highest BCUT2D eigenvalue weighted by molar-refractivity contribution is 6.74. The van der Waals surface area contributed by atoms with Gasteiger partial charge in [-0.25, -0.2) is 0 Å². The number of benzene rings is 11. The minimum atomic E-state index is 0.704. The minimum absolute atomic E-state index is 0.704. The van der Waals surface area contributed by atoms with Gasteiger partial charge >= 0.3 is 0 Å². The van der Waals surface area contributed by atoms with Crippen LogP contribution < -0.4 is 26.0 Å². The predicted molar refractivity (Wildman–Crippen MR) is 306 cm³/mol. The van der Waals surface area contributed by atoms with Gasteiger partial charge in [-0.15, -0.1) is 0 Å². The molecule has 4 nitrogen and oxygen atoms in total. The first-order valence-corrected chi connectivity index (χ1v) is 24.7. The van der Waals surface area contributed by atoms with Gasteiger partial charge in [-0.3, -0.25) is 0 Å². The lowest BCUT2D eigenvalue weighted by Gasteiger charge is -2.37. The monoisotopic (exact) mass is 921 g/mol. The second-order valence-electron chi connectivity index (χ2n) is 18.6. The van der Waals surface area contributed by atoms with E-state index in [0.29, 0.717) is 7.28 Å². The summed E-state index contributed by atoms with van der Waals surface area (Å²) in [6.07, 6.45) is 0. The lowest BCUT2D eigenvalue weighted by atomic mass is 9.57. The zero-order valence-electron chi connectivity index (χ0n) is 39.8. The van der Waals surface area contributed by atoms with Crippen LogP contribution in [0.3, 0.4) is 0 Å². The first-order valence-electron chi connectivity index (χ1n) is 24.7. The van der Waals surface area contributed by atoms with Gasteiger partial charge < -0.3 is 19.5 Å². The number of nitrogens with zero attached hydrogens (tertiary/aromatic N) is 2. The number of furan rings is 1. The molecule has 2 heterocycles. The van der Waals surface area contributed by atoms with Gasteiger partial charge in [0.25, 0.3) is 0 Å². The third-order valence-corrected chi connectivity index (χ3v) is 14.2. The Bertz CT molecular complexity index is 3880. The second-order valence-corrected chi connectivity index (χ2v) is 18.6. The molecule has 13 rings (SSSR count). The molecule has 1 aliphatic rings. The highest BCUT2D eigenvalue weighted by atomic mass is 16.3. The molecule has 1 aromatic heterocycles. The summed E-state index contributed by atoms with van der Waals surface area (Å²) in [6, 6.07) is 93.6. The summed E-state index contributed by atoms with van der Waals surface area (Å²) in [4.78, 5) is 4.90. The second kappa shape index (κ2) is 18.2. The molecule has 0 unspecified atom stereocenters. The fraction of sp³-hybridized carbons (Fsp3) is 0.0149. The van der Waals surface area contributed by atoms with Gasteiger partial charge in [0.05, 0.1) is 11.1 Å². The molecular weight excluding hydrogens is 874 g/mol. The van der Waals surface area contributed by atoms with Crippen molar-refractivity contribution in [3.8, 4) is 44.5 Å². The van der Waals surface area contributed by atoms with Crippen LogP contribution in [0.5, 0.6) is 0 Å². The van der Waals surface area contributed by atoms with Gasteiger partial charge in [0.1, 0.15) is 11.2 Å². The molecule has 11 aromatic carbocycles. The predicted octanol–water partition coefficient (Wildman–Crippen LogP) is 16.9. The van der Waals surface area contributed by atoms with Crippen LogP contribution in [-0.4, -0.2) is 7.28 Å². The summed E-state index contributed by atoms with van der Waals surface area (Å²) in [5.74, 6) is 0. The van der Waals surface area contributed by atoms with Gasteiger partial charge in [-0.2, -0.15) is 0 Å². The lowest BCUT2D eigenvalue weighted by Crippen LogP contribution is -2.41. The van der Waals surface area contributed by atoms with E-state index in [0.717, 1.165) is 89.7 Å². The molecule has 12 aromatic rings. The van der Waals surface area contributed by atoms with Crippen molar-refractivity contribution in [1.82, 2.24) is 0 Å². The Morgan fingerprint density at radius 2 is 0.958 bits per heavy atom. The number of anilines is 8. The van der Waals surface area contributed by atoms with Crippen molar-refractivity contribution in [2.24, 2.45) is 0 Å². The topological polar surface area (TPSA) is 31.6 Å². The van der Waals surface area contributed by atoms with Crippen LogP contribution in [0.2, 0.25) is 0 Å². The van der Waals surface area contributed by atoms with Gasteiger partial charge in [0.15, 0.2) is 7.28 Å². The standard InChI is InChI=1S/C67H48BN3O/c1-45-41-50(47-21-9-3-10-22-47)34-40-61(45)71-62-43-55(70(53-25-13-5-14-26-53)54-27-15-6-16-28-54)37-39-59(62)68-66-58(44-64-65(67(66)71)57-29-17-18-30-63(57)72-64)56-38-33-51(48-23-11-4-12-24-48)42-60(56)69-52-35-31-49(32-36-52)46-19-7-2-8-20-46/h2-44,68-69H,1H3. The van der Waals surface area contributed by atoms with E-state index in [2.05, 4.69) is 283 Å². The SMILES string of the molecule is Cc1cc(-c2ccccc2)ccc1N1c2cc(N(c3ccccc3)c3ccccc3)ccc2Bc2c(-c3ccc(-c4ccccc4)cc3Nc3ccc(-c4ccccc4)cc3)cc3oc4ccccc4c3c21. The molecule has 1 N–H and O–H groups in total. The molecule has 340 valence electrons. The number of nitrogens with one attached hydrogen (secondary N) is 1. The summed E-state index contributed by atoms with van der Waals surface area (Å²) >= 11 is 0. The maximum absolute atomic E-state index is 6.99. The number of fused-ring (bicyclic) bond motifs is 6. The van der Waals surface area contributed by atoms with E-state index in [9.17, 15) is 0 Å². The normalized spacial score (nSPS) is 11.8. The van der Waals surface area contributed by atoms with Crippen molar-refractivity contribution < 1.29 is 4.42 Å². The summed E-state index contributed by atoms with van der Waals surface area (Å²) < 4.78 is 6.99. The highest BCUT2D eigenvalue weighted by Crippen LogP contribution is 2.49. The first-order chi connectivity index (χ1) is 35.6. The zero-order valence-corrected chi connectivity index (χ0v) is 39.8. The molecule has 0 saturated heterocycles. The van der Waals surface area contributed by atoms with Crippen LogP contribution in [0.4, 0.5) is 45.5 Å². The molecule has 0 amide bonds. The van der Waals surface area contributed by atoms with Crippen molar-refractivity contribution in [3.05, 3.63) is 266 Å². The number of rotatable bonds is 10. The first kappa shape index (κ1) is 42.8. The number of aryl methyl sites for hydroxylation is 1. The maximum Gasteiger partial charge on any atom is 0.198 e. The Hall–Kier alpha value is -9.32. The largest absolute Gasteiger partial charge is 0.456 e. The molecule has 0 bridgehead atoms. The third-order valence-electron chi connectivity index (χ3n) is 14.2. The molecule has 0 saturated carbocycles. The van der Waals surface area contributed by atoms with Crippen molar-refractivity contribution in [2.45, 2.75) is 6.92 Å². The Kier molecular flexibility index (Phi) is 10.8. The van der Waals surface area contributed by atoms with Gasteiger partial charge in [0.2, 0.25) is 0 Å². The molecule has 5 heteroatoms. The van der Waals surface area contributed by atoms with E-state index in [1.807, 2.05) is 0 Å². The summed E-state index contributed by atoms with van der Waals surface area (Å²) in [5, 5.41) is 6.12. The van der Waals surface area contributed by atoms with Crippen LogP contribution in [-0.2, 0) is 0 Å². The number of hydrogen-bond acceptors (Lipinski definition) is 4. The van der Waals surface area contributed by atoms with Crippen LogP contribution >= 0.6 is 0 Å². The third kappa shape index (κ3) is 7.78. The molecule has 0 fully saturated rings. The minimum Gasteiger partial charge on any atom is -0.456 e. The van der Waals surface area contributed by atoms with Crippen molar-refractivity contribution in [2.75, 3.05) is 15.1 Å². The average Bonchev–Trinajstić information content (AvgIpc) is 3.82. The fourth-order valence-electron chi connectivity index (χ4n) is 10.7. The van der Waals surface area contributed by atoms with E-state index in [1.54, 1.807) is 0 Å². The molecule has 0 radical (unpaired) electrons. The quantitative estimate of drug-likeness (QED) is 0.139. The maximum atomic E-state index is 6.99. The van der Waals surface area contributed by atoms with Crippen molar-refractivity contribution in [1.29, 1.82) is 0 Å². The molecule has 0 spiro atoms. The molecule has 0 aliphatic carbocycles. The van der Waals surface area contributed by atoms with E-state index in [-0.39, 0.29) is 0 Å². The van der Waals surface area contributed by atoms with E-state index in [4.69, 9.17) is 4.42 Å². The summed E-state index contributed by atoms with van der Waals surface area (Å²) in [7, 11) is 0.704. The lowest BCUT2D eigenvalue weighted by molar-refractivity contribution is 0.669. The zero-order chi connectivity index (χ0) is 48.0. The Morgan fingerprint density at radius 3 is 1.60 bits per heavy atom. The van der Waals surface area contributed by atoms with Crippen LogP contribution in [0, 0.1) is 6.92 Å². The summed E-state index contributed by atoms with van der Waals surface area (Å²) in [5.41, 5.74) is 23.2. The molecule has 72 heavy (non-hydrogen) atoms. The number of para-hydroxylation sites is 3. The average molecular weight is 922 g/mol. The van der Waals surface area contributed by atoms with Crippen molar-refractivity contribution in [3.63, 3.8) is 0 Å².